The fourth-order valence-electron chi connectivity index (χ4n) is 2.16. The van der Waals surface area contributed by atoms with Crippen LogP contribution in [0.25, 0.3) is 0 Å². The molecule has 1 aromatic carbocycles. The monoisotopic (exact) mass is 306 g/mol. The minimum Gasteiger partial charge on any atom is -0.383 e. The number of nitrogens with one attached hydrogen (secondary N) is 2. The van der Waals surface area contributed by atoms with E-state index < -0.39 is 6.04 Å². The number of carbonyl (C=O) groups excluding carboxylic acids is 2. The molecule has 2 atom stereocenters. The van der Waals surface area contributed by atoms with Gasteiger partial charge in [-0.3, -0.25) is 9.59 Å². The lowest BCUT2D eigenvalue weighted by atomic mass is 10.0. The lowest BCUT2D eigenvalue weighted by Crippen LogP contribution is -2.52. The van der Waals surface area contributed by atoms with Gasteiger partial charge in [-0.25, -0.2) is 0 Å². The Kier molecular flexibility index (Phi) is 7.60. The number of hydrogen-bond acceptors (Lipinski definition) is 3. The van der Waals surface area contributed by atoms with Crippen molar-refractivity contribution in [2.45, 2.75) is 39.3 Å². The summed E-state index contributed by atoms with van der Waals surface area (Å²) in [5.74, 6) is -0.324. The van der Waals surface area contributed by atoms with E-state index in [0.717, 1.165) is 5.56 Å². The van der Waals surface area contributed by atoms with Crippen molar-refractivity contribution in [2.24, 2.45) is 5.92 Å². The van der Waals surface area contributed by atoms with E-state index in [1.807, 2.05) is 51.1 Å². The predicted molar refractivity (Wildman–Crippen MR) is 86.4 cm³/mol. The Hall–Kier alpha value is -1.88. The molecule has 0 saturated heterocycles. The first-order valence-corrected chi connectivity index (χ1v) is 7.56. The van der Waals surface area contributed by atoms with E-state index in [1.54, 1.807) is 7.11 Å². The number of methoxy groups -OCH3 is 1. The molecule has 22 heavy (non-hydrogen) atoms. The largest absolute Gasteiger partial charge is 0.383 e. The van der Waals surface area contributed by atoms with Gasteiger partial charge in [0.05, 0.1) is 13.0 Å². The third kappa shape index (κ3) is 6.26. The number of benzene rings is 1. The zero-order valence-corrected chi connectivity index (χ0v) is 13.8. The molecule has 1 aromatic rings. The molecule has 0 radical (unpaired) electrons. The summed E-state index contributed by atoms with van der Waals surface area (Å²) in [6.45, 7) is 6.13. The molecule has 5 nitrogen and oxygen atoms in total. The van der Waals surface area contributed by atoms with Gasteiger partial charge in [-0.2, -0.15) is 0 Å². The van der Waals surface area contributed by atoms with Crippen LogP contribution in [0, 0.1) is 5.92 Å². The first-order valence-electron chi connectivity index (χ1n) is 7.56. The maximum Gasteiger partial charge on any atom is 0.243 e. The van der Waals surface area contributed by atoms with Gasteiger partial charge in [-0.15, -0.1) is 0 Å². The van der Waals surface area contributed by atoms with Gasteiger partial charge in [0.15, 0.2) is 0 Å². The molecular formula is C17H26N2O3. The number of ether oxygens (including phenoxy) is 1. The molecule has 0 saturated carbocycles. The summed E-state index contributed by atoms with van der Waals surface area (Å²) in [6, 6.07) is 8.84. The van der Waals surface area contributed by atoms with Crippen LogP contribution >= 0.6 is 0 Å². The summed E-state index contributed by atoms with van der Waals surface area (Å²) in [5.41, 5.74) is 0.927. The Morgan fingerprint density at radius 3 is 2.27 bits per heavy atom. The van der Waals surface area contributed by atoms with Crippen LogP contribution in [0.2, 0.25) is 0 Å². The van der Waals surface area contributed by atoms with Gasteiger partial charge in [0.1, 0.15) is 6.04 Å². The number of hydrogen-bond donors (Lipinski definition) is 2. The van der Waals surface area contributed by atoms with E-state index in [-0.39, 0.29) is 30.2 Å². The number of rotatable bonds is 8. The van der Waals surface area contributed by atoms with Crippen LogP contribution in [0.4, 0.5) is 0 Å². The Morgan fingerprint density at radius 1 is 1.09 bits per heavy atom. The summed E-state index contributed by atoms with van der Waals surface area (Å²) in [7, 11) is 1.59. The van der Waals surface area contributed by atoms with Gasteiger partial charge in [-0.05, 0) is 18.4 Å². The standard InChI is InChI=1S/C17H26N2O3/c1-12(2)16(17(21)18-13(3)11-22-4)19-15(20)10-14-8-6-5-7-9-14/h5-9,12-13,16H,10-11H2,1-4H3,(H,18,21)(H,19,20). The second-order valence-electron chi connectivity index (χ2n) is 5.82. The van der Waals surface area contributed by atoms with Gasteiger partial charge < -0.3 is 15.4 Å². The lowest BCUT2D eigenvalue weighted by molar-refractivity contribution is -0.130. The van der Waals surface area contributed by atoms with Crippen molar-refractivity contribution < 1.29 is 14.3 Å². The molecule has 2 amide bonds. The summed E-state index contributed by atoms with van der Waals surface area (Å²) < 4.78 is 5.00. The third-order valence-corrected chi connectivity index (χ3v) is 3.28. The maximum absolute atomic E-state index is 12.3. The molecule has 122 valence electrons. The maximum atomic E-state index is 12.3. The number of carbonyl (C=O) groups is 2. The predicted octanol–water partition coefficient (Wildman–Crippen LogP) is 1.52. The first-order chi connectivity index (χ1) is 10.4. The van der Waals surface area contributed by atoms with Crippen LogP contribution in [-0.4, -0.2) is 37.6 Å². The van der Waals surface area contributed by atoms with Crippen LogP contribution in [0.1, 0.15) is 26.3 Å². The zero-order chi connectivity index (χ0) is 16.5. The van der Waals surface area contributed by atoms with Crippen molar-refractivity contribution in [1.29, 1.82) is 0 Å². The topological polar surface area (TPSA) is 67.4 Å². The molecule has 0 spiro atoms. The van der Waals surface area contributed by atoms with E-state index in [9.17, 15) is 9.59 Å². The Labute approximate surface area is 132 Å². The van der Waals surface area contributed by atoms with Crippen molar-refractivity contribution in [2.75, 3.05) is 13.7 Å². The average Bonchev–Trinajstić information content (AvgIpc) is 2.45. The number of amides is 2. The highest BCUT2D eigenvalue weighted by Crippen LogP contribution is 2.05. The fraction of sp³-hybridized carbons (Fsp3) is 0.529. The molecule has 1 rings (SSSR count). The Balaban J connectivity index is 2.59. The van der Waals surface area contributed by atoms with Crippen molar-refractivity contribution in [3.63, 3.8) is 0 Å². The molecule has 0 aromatic heterocycles. The molecular weight excluding hydrogens is 280 g/mol. The summed E-state index contributed by atoms with van der Waals surface area (Å²) in [6.07, 6.45) is 0.269. The van der Waals surface area contributed by atoms with Gasteiger partial charge in [0.25, 0.3) is 0 Å². The van der Waals surface area contributed by atoms with Crippen molar-refractivity contribution in [3.8, 4) is 0 Å². The minimum atomic E-state index is -0.546. The normalized spacial score (nSPS) is 13.5. The Morgan fingerprint density at radius 2 is 1.73 bits per heavy atom. The molecule has 0 aliphatic heterocycles. The van der Waals surface area contributed by atoms with E-state index in [4.69, 9.17) is 4.74 Å². The summed E-state index contributed by atoms with van der Waals surface area (Å²) in [4.78, 5) is 24.4. The first kappa shape index (κ1) is 18.2. The van der Waals surface area contributed by atoms with Crippen LogP contribution in [0.3, 0.4) is 0 Å². The van der Waals surface area contributed by atoms with Crippen LogP contribution in [0.15, 0.2) is 30.3 Å². The zero-order valence-electron chi connectivity index (χ0n) is 13.8. The van der Waals surface area contributed by atoms with Gasteiger partial charge in [0, 0.05) is 13.2 Å². The molecule has 0 aliphatic rings. The molecule has 0 aliphatic carbocycles. The minimum absolute atomic E-state index is 0.00877. The van der Waals surface area contributed by atoms with Gasteiger partial charge in [-0.1, -0.05) is 44.2 Å². The third-order valence-electron chi connectivity index (χ3n) is 3.28. The van der Waals surface area contributed by atoms with Crippen LogP contribution in [-0.2, 0) is 20.7 Å². The van der Waals surface area contributed by atoms with E-state index in [0.29, 0.717) is 6.61 Å². The Bertz CT molecular complexity index is 474. The molecule has 0 bridgehead atoms. The smallest absolute Gasteiger partial charge is 0.243 e. The molecule has 0 heterocycles. The van der Waals surface area contributed by atoms with Crippen LogP contribution < -0.4 is 10.6 Å². The molecule has 5 heteroatoms. The highest BCUT2D eigenvalue weighted by molar-refractivity contribution is 5.88. The van der Waals surface area contributed by atoms with E-state index >= 15 is 0 Å². The van der Waals surface area contributed by atoms with E-state index in [2.05, 4.69) is 10.6 Å². The summed E-state index contributed by atoms with van der Waals surface area (Å²) >= 11 is 0. The van der Waals surface area contributed by atoms with Crippen LogP contribution in [0.5, 0.6) is 0 Å². The van der Waals surface area contributed by atoms with Crippen molar-refractivity contribution in [3.05, 3.63) is 35.9 Å². The van der Waals surface area contributed by atoms with Crippen molar-refractivity contribution >= 4 is 11.8 Å². The SMILES string of the molecule is COCC(C)NC(=O)C(NC(=O)Cc1ccccc1)C(C)C. The lowest BCUT2D eigenvalue weighted by Gasteiger charge is -2.24. The molecule has 2 N–H and O–H groups in total. The molecule has 0 fully saturated rings. The second-order valence-corrected chi connectivity index (χ2v) is 5.82. The quantitative estimate of drug-likeness (QED) is 0.765. The van der Waals surface area contributed by atoms with E-state index in [1.165, 1.54) is 0 Å². The summed E-state index contributed by atoms with van der Waals surface area (Å²) in [5, 5.41) is 5.67. The second kappa shape index (κ2) is 9.20. The van der Waals surface area contributed by atoms with Gasteiger partial charge >= 0.3 is 0 Å². The van der Waals surface area contributed by atoms with Crippen molar-refractivity contribution in [1.82, 2.24) is 10.6 Å². The highest BCUT2D eigenvalue weighted by atomic mass is 16.5. The fourth-order valence-corrected chi connectivity index (χ4v) is 2.16. The molecule has 2 unspecified atom stereocenters. The van der Waals surface area contributed by atoms with Gasteiger partial charge in [0.2, 0.25) is 11.8 Å². The average molecular weight is 306 g/mol. The highest BCUT2D eigenvalue weighted by Gasteiger charge is 2.25.